The van der Waals surface area contributed by atoms with Crippen LogP contribution in [0.4, 0.5) is 15.8 Å². The normalized spacial score (nSPS) is 16.4. The van der Waals surface area contributed by atoms with E-state index < -0.39 is 11.9 Å². The highest BCUT2D eigenvalue weighted by Crippen LogP contribution is 2.34. The van der Waals surface area contributed by atoms with Crippen molar-refractivity contribution >= 4 is 40.5 Å². The van der Waals surface area contributed by atoms with E-state index >= 15 is 0 Å². The van der Waals surface area contributed by atoms with E-state index in [0.717, 1.165) is 5.56 Å². The summed E-state index contributed by atoms with van der Waals surface area (Å²) in [6.07, 6.45) is -0.132. The number of amides is 2. The first-order valence-electron chi connectivity index (χ1n) is 11.2. The maximum absolute atomic E-state index is 13.5. The first kappa shape index (κ1) is 23.6. The molecule has 0 aliphatic carbocycles. The molecule has 0 saturated carbocycles. The average molecular weight is 508 g/mol. The zero-order chi connectivity index (χ0) is 25.2. The minimum absolute atomic E-state index is 0.132. The van der Waals surface area contributed by atoms with Gasteiger partial charge in [0.2, 0.25) is 12.7 Å². The van der Waals surface area contributed by atoms with E-state index in [1.807, 2.05) is 12.1 Å². The number of halogens is 1. The SMILES string of the molecule is COc1ccc(NC(=O)C[C@@H]2C(=O)N(c3ccc(F)cc3)C(=S)N2Cc2ccc3c(c2)OCO3)cc1. The molecule has 1 saturated heterocycles. The maximum atomic E-state index is 13.5. The Labute approximate surface area is 212 Å². The number of ether oxygens (including phenoxy) is 3. The van der Waals surface area contributed by atoms with E-state index in [-0.39, 0.29) is 36.7 Å². The van der Waals surface area contributed by atoms with E-state index in [1.165, 1.54) is 29.2 Å². The highest BCUT2D eigenvalue weighted by Gasteiger charge is 2.44. The second-order valence-electron chi connectivity index (χ2n) is 8.24. The van der Waals surface area contributed by atoms with Crippen molar-refractivity contribution in [3.63, 3.8) is 0 Å². The molecule has 8 nitrogen and oxygen atoms in total. The monoisotopic (exact) mass is 507 g/mol. The van der Waals surface area contributed by atoms with E-state index in [4.69, 9.17) is 26.4 Å². The number of rotatable bonds is 7. The first-order chi connectivity index (χ1) is 17.4. The summed E-state index contributed by atoms with van der Waals surface area (Å²) in [7, 11) is 1.56. The van der Waals surface area contributed by atoms with Gasteiger partial charge in [0, 0.05) is 12.2 Å². The van der Waals surface area contributed by atoms with Crippen LogP contribution in [0.3, 0.4) is 0 Å². The molecule has 0 unspecified atom stereocenters. The van der Waals surface area contributed by atoms with Crippen molar-refractivity contribution in [2.45, 2.75) is 19.0 Å². The minimum Gasteiger partial charge on any atom is -0.497 e. The maximum Gasteiger partial charge on any atom is 0.256 e. The van der Waals surface area contributed by atoms with Crippen LogP contribution in [-0.4, -0.2) is 41.8 Å². The van der Waals surface area contributed by atoms with Gasteiger partial charge in [0.1, 0.15) is 17.6 Å². The summed E-state index contributed by atoms with van der Waals surface area (Å²) < 4.78 is 29.5. The van der Waals surface area contributed by atoms with Gasteiger partial charge in [0.05, 0.1) is 19.2 Å². The predicted molar refractivity (Wildman–Crippen MR) is 135 cm³/mol. The Morgan fingerprint density at radius 3 is 2.53 bits per heavy atom. The molecule has 3 aromatic rings. The summed E-state index contributed by atoms with van der Waals surface area (Å²) in [5.41, 5.74) is 1.84. The third-order valence-electron chi connectivity index (χ3n) is 5.95. The molecule has 0 aromatic heterocycles. The molecule has 2 amide bonds. The van der Waals surface area contributed by atoms with E-state index in [1.54, 1.807) is 42.3 Å². The second-order valence-corrected chi connectivity index (χ2v) is 8.61. The van der Waals surface area contributed by atoms with E-state index in [2.05, 4.69) is 5.32 Å². The van der Waals surface area contributed by atoms with Gasteiger partial charge in [-0.1, -0.05) is 6.07 Å². The Morgan fingerprint density at radius 2 is 1.81 bits per heavy atom. The standard InChI is InChI=1S/C26H22FN3O5S/c1-33-20-9-5-18(6-10-20)28-24(31)13-21-25(32)30(19-7-3-17(27)4-8-19)26(36)29(21)14-16-2-11-22-23(12-16)35-15-34-22/h2-12,21H,13-15H2,1H3,(H,28,31)/t21-/m1/s1. The quantitative estimate of drug-likeness (QED) is 0.483. The Balaban J connectivity index is 1.40. The smallest absolute Gasteiger partial charge is 0.256 e. The molecular formula is C26H22FN3O5S. The third kappa shape index (κ3) is 4.67. The fourth-order valence-corrected chi connectivity index (χ4v) is 4.53. The lowest BCUT2D eigenvalue weighted by molar-refractivity contribution is -0.124. The van der Waals surface area contributed by atoms with E-state index in [9.17, 15) is 14.0 Å². The molecule has 36 heavy (non-hydrogen) atoms. The number of nitrogens with zero attached hydrogens (tertiary/aromatic N) is 2. The van der Waals surface area contributed by atoms with Crippen LogP contribution in [0.5, 0.6) is 17.2 Å². The van der Waals surface area contributed by atoms with Crippen LogP contribution in [0.1, 0.15) is 12.0 Å². The van der Waals surface area contributed by atoms with Crippen LogP contribution in [0.25, 0.3) is 0 Å². The van der Waals surface area contributed by atoms with Crippen molar-refractivity contribution in [3.05, 3.63) is 78.1 Å². The molecule has 10 heteroatoms. The van der Waals surface area contributed by atoms with Crippen LogP contribution in [0, 0.1) is 5.82 Å². The fourth-order valence-electron chi connectivity index (χ4n) is 4.14. The van der Waals surface area contributed by atoms with Gasteiger partial charge >= 0.3 is 0 Å². The van der Waals surface area contributed by atoms with Gasteiger partial charge in [0.25, 0.3) is 5.91 Å². The summed E-state index contributed by atoms with van der Waals surface area (Å²) in [5, 5.41) is 3.04. The number of hydrogen-bond donors (Lipinski definition) is 1. The third-order valence-corrected chi connectivity index (χ3v) is 6.36. The predicted octanol–water partition coefficient (Wildman–Crippen LogP) is 4.09. The number of fused-ring (bicyclic) bond motifs is 1. The van der Waals surface area contributed by atoms with Crippen LogP contribution in [0.2, 0.25) is 0 Å². The van der Waals surface area contributed by atoms with Crippen LogP contribution < -0.4 is 24.4 Å². The number of carbonyl (C=O) groups is 2. The van der Waals surface area contributed by atoms with Gasteiger partial charge < -0.3 is 24.4 Å². The molecule has 184 valence electrons. The van der Waals surface area contributed by atoms with Gasteiger partial charge in [0.15, 0.2) is 16.6 Å². The van der Waals surface area contributed by atoms with Crippen LogP contribution in [-0.2, 0) is 16.1 Å². The molecule has 5 rings (SSSR count). The lowest BCUT2D eigenvalue weighted by atomic mass is 10.1. The van der Waals surface area contributed by atoms with Crippen molar-refractivity contribution in [1.82, 2.24) is 4.90 Å². The van der Waals surface area contributed by atoms with Gasteiger partial charge in [-0.2, -0.15) is 0 Å². The Hall–Kier alpha value is -4.18. The number of anilines is 2. The summed E-state index contributed by atoms with van der Waals surface area (Å²) in [6.45, 7) is 0.408. The first-order valence-corrected chi connectivity index (χ1v) is 11.6. The van der Waals surface area contributed by atoms with Crippen molar-refractivity contribution in [1.29, 1.82) is 0 Å². The molecular weight excluding hydrogens is 485 g/mol. The molecule has 0 spiro atoms. The number of hydrogen-bond acceptors (Lipinski definition) is 6. The highest BCUT2D eigenvalue weighted by atomic mass is 32.1. The Morgan fingerprint density at radius 1 is 1.08 bits per heavy atom. The van der Waals surface area contributed by atoms with Crippen LogP contribution >= 0.6 is 12.2 Å². The summed E-state index contributed by atoms with van der Waals surface area (Å²) in [4.78, 5) is 29.5. The molecule has 0 radical (unpaired) electrons. The van der Waals surface area contributed by atoms with Crippen LogP contribution in [0.15, 0.2) is 66.7 Å². The summed E-state index contributed by atoms with van der Waals surface area (Å²) in [6, 6.07) is 17.0. The molecule has 2 heterocycles. The second kappa shape index (κ2) is 9.82. The largest absolute Gasteiger partial charge is 0.497 e. The van der Waals surface area contributed by atoms with E-state index in [0.29, 0.717) is 28.6 Å². The fraction of sp³-hybridized carbons (Fsp3) is 0.192. The Kier molecular flexibility index (Phi) is 6.43. The van der Waals surface area contributed by atoms with Gasteiger partial charge in [-0.25, -0.2) is 4.39 Å². The summed E-state index contributed by atoms with van der Waals surface area (Å²) in [5.74, 6) is 0.767. The number of methoxy groups -OCH3 is 1. The van der Waals surface area contributed by atoms with Gasteiger partial charge in [-0.05, 0) is 78.4 Å². The van der Waals surface area contributed by atoms with Crippen molar-refractivity contribution in [2.24, 2.45) is 0 Å². The lowest BCUT2D eigenvalue weighted by Crippen LogP contribution is -2.37. The zero-order valence-electron chi connectivity index (χ0n) is 19.3. The molecule has 2 aliphatic rings. The molecule has 2 aliphatic heterocycles. The Bertz CT molecular complexity index is 1320. The molecule has 1 fully saturated rings. The number of thiocarbonyl (C=S) groups is 1. The van der Waals surface area contributed by atoms with Gasteiger partial charge in [-0.3, -0.25) is 14.5 Å². The highest BCUT2D eigenvalue weighted by molar-refractivity contribution is 7.80. The lowest BCUT2D eigenvalue weighted by Gasteiger charge is -2.24. The summed E-state index contributed by atoms with van der Waals surface area (Å²) >= 11 is 5.68. The number of benzene rings is 3. The topological polar surface area (TPSA) is 80.3 Å². The van der Waals surface area contributed by atoms with Crippen molar-refractivity contribution in [3.8, 4) is 17.2 Å². The molecule has 3 aromatic carbocycles. The zero-order valence-corrected chi connectivity index (χ0v) is 20.1. The molecule has 1 N–H and O–H groups in total. The average Bonchev–Trinajstić information content (AvgIpc) is 3.43. The number of carbonyl (C=O) groups excluding carboxylic acids is 2. The molecule has 0 bridgehead atoms. The molecule has 1 atom stereocenters. The minimum atomic E-state index is -0.855. The van der Waals surface area contributed by atoms with Crippen molar-refractivity contribution in [2.75, 3.05) is 24.1 Å². The van der Waals surface area contributed by atoms with Crippen molar-refractivity contribution < 1.29 is 28.2 Å². The van der Waals surface area contributed by atoms with Gasteiger partial charge in [-0.15, -0.1) is 0 Å². The number of nitrogens with one attached hydrogen (secondary N) is 1.